The Morgan fingerprint density at radius 2 is 1.00 bits per heavy atom. The molecule has 0 bridgehead atoms. The van der Waals surface area contributed by atoms with Crippen LogP contribution in [0.25, 0.3) is 0 Å². The van der Waals surface area contributed by atoms with Gasteiger partial charge in [0.2, 0.25) is 0 Å². The van der Waals surface area contributed by atoms with Gasteiger partial charge < -0.3 is 5.64 Å². The molecule has 0 aliphatic heterocycles. The molecule has 0 unspecified atom stereocenters. The van der Waals surface area contributed by atoms with Gasteiger partial charge in [-0.05, 0) is 0 Å². The van der Waals surface area contributed by atoms with Crippen molar-refractivity contribution >= 4 is 24.8 Å². The number of hydrogen-bond donors (Lipinski definition) is 1. The monoisotopic (exact) mass is 121 g/mol. The second kappa shape index (κ2) is 113. The van der Waals surface area contributed by atoms with Crippen LogP contribution in [0.5, 0.6) is 0 Å². The number of nitrogens with two attached hydrogens (primary N) is 1. The van der Waals surface area contributed by atoms with Crippen LogP contribution in [0.3, 0.4) is 0 Å². The molecule has 0 aromatic carbocycles. The van der Waals surface area contributed by atoms with Gasteiger partial charge in [0.1, 0.15) is 0 Å². The van der Waals surface area contributed by atoms with Gasteiger partial charge in [-0.3, -0.25) is 0 Å². The Hall–Kier alpha value is 0.778. The van der Waals surface area contributed by atoms with E-state index in [2.05, 4.69) is 13.6 Å². The Morgan fingerprint density at radius 1 is 1.00 bits per heavy atom. The van der Waals surface area contributed by atoms with E-state index < -0.39 is 0 Å². The van der Waals surface area contributed by atoms with E-state index in [4.69, 9.17) is 0 Å². The standard InChI is InChI=1S/BH2N.2BH4.Zn/c1-2;;;/h2H2;2*1H4;/q;2*-1;+2. The van der Waals surface area contributed by atoms with Crippen LogP contribution >= 0.6 is 0 Å². The molecule has 0 aromatic heterocycles. The molecule has 26 valence electrons. The van der Waals surface area contributed by atoms with Crippen molar-refractivity contribution in [1.82, 2.24) is 0 Å². The average Bonchev–Trinajstić information content (AvgIpc) is 1.00. The molecular weight excluding hydrogens is 112 g/mol. The zero-order valence-corrected chi connectivity index (χ0v) is 4.83. The minimum atomic E-state index is 0. The summed E-state index contributed by atoms with van der Waals surface area (Å²) in [6, 6.07) is 0. The van der Waals surface area contributed by atoms with Gasteiger partial charge in [0, 0.05) is 0 Å². The zero-order chi connectivity index (χ0) is 2.00. The van der Waals surface area contributed by atoms with Crippen LogP contribution in [-0.4, -0.2) is 24.8 Å². The summed E-state index contributed by atoms with van der Waals surface area (Å²) in [6.07, 6.45) is 0. The summed E-state index contributed by atoms with van der Waals surface area (Å²) in [6.45, 7) is 0. The minimum Gasteiger partial charge on any atom is -0.380 e. The molecule has 0 aliphatic rings. The first-order valence-electron chi connectivity index (χ1n) is 0.333. The fourth-order valence-corrected chi connectivity index (χ4v) is 0. The van der Waals surface area contributed by atoms with Crippen LogP contribution in [0, 0.1) is 0 Å². The molecule has 1 nitrogen and oxygen atoms in total. The van der Waals surface area contributed by atoms with Gasteiger partial charge in [0.05, 0.1) is 0 Å². The maximum atomic E-state index is 4.00. The SMILES string of the molecule is [BH4-].[BH4-].[B]N.[Zn+2]. The smallest absolute Gasteiger partial charge is 0.380 e. The Kier molecular flexibility index (Phi) is 940. The van der Waals surface area contributed by atoms with Gasteiger partial charge in [-0.2, -0.15) is 0 Å². The van der Waals surface area contributed by atoms with Crippen molar-refractivity contribution < 1.29 is 19.5 Å². The third kappa shape index (κ3) is 60.9. The topological polar surface area (TPSA) is 26.0 Å². The van der Waals surface area contributed by atoms with Crippen LogP contribution in [0.1, 0.15) is 0 Å². The molecule has 0 saturated heterocycles. The summed E-state index contributed by atoms with van der Waals surface area (Å²) in [5.74, 6) is 0. The second-order valence-corrected chi connectivity index (χ2v) is 0. The van der Waals surface area contributed by atoms with Crippen molar-refractivity contribution in [3.05, 3.63) is 0 Å². The van der Waals surface area contributed by atoms with E-state index in [0.717, 1.165) is 0 Å². The van der Waals surface area contributed by atoms with Crippen LogP contribution in [-0.2, 0) is 19.5 Å². The zero-order valence-electron chi connectivity index (χ0n) is 1.86. The summed E-state index contributed by atoms with van der Waals surface area (Å²) in [7, 11) is 4.00. The summed E-state index contributed by atoms with van der Waals surface area (Å²) < 4.78 is 0. The fourth-order valence-electron chi connectivity index (χ4n) is 0. The van der Waals surface area contributed by atoms with E-state index in [-0.39, 0.29) is 36.3 Å². The van der Waals surface area contributed by atoms with E-state index in [1.165, 1.54) is 0 Å². The fraction of sp³-hybridized carbons (Fsp3) is 0. The Labute approximate surface area is 50.4 Å². The molecule has 0 saturated carbocycles. The third-order valence-corrected chi connectivity index (χ3v) is 0. The van der Waals surface area contributed by atoms with Crippen molar-refractivity contribution in [2.75, 3.05) is 0 Å². The van der Waals surface area contributed by atoms with Crippen molar-refractivity contribution in [2.45, 2.75) is 0 Å². The van der Waals surface area contributed by atoms with Crippen LogP contribution in [0.15, 0.2) is 0 Å². The second-order valence-electron chi connectivity index (χ2n) is 0. The molecule has 0 aromatic rings. The Morgan fingerprint density at radius 3 is 1.00 bits per heavy atom. The number of rotatable bonds is 0. The predicted octanol–water partition coefficient (Wildman–Crippen LogP) is -3.88. The number of hydrogen-bond acceptors (Lipinski definition) is 1. The average molecular weight is 122 g/mol. The predicted molar refractivity (Wildman–Crippen MR) is 32.6 cm³/mol. The molecule has 0 rings (SSSR count). The molecule has 2 radical (unpaired) electrons. The maximum Gasteiger partial charge on any atom is 2.00 e. The van der Waals surface area contributed by atoms with Crippen molar-refractivity contribution in [3.63, 3.8) is 0 Å². The molecule has 0 amide bonds. The van der Waals surface area contributed by atoms with Crippen molar-refractivity contribution in [2.24, 2.45) is 5.64 Å². The van der Waals surface area contributed by atoms with Gasteiger partial charge in [0.15, 0.2) is 7.98 Å². The van der Waals surface area contributed by atoms with Gasteiger partial charge >= 0.3 is 19.5 Å². The third-order valence-electron chi connectivity index (χ3n) is 0. The normalized spacial score (nSPS) is 1.00. The van der Waals surface area contributed by atoms with Gasteiger partial charge in [-0.25, -0.2) is 0 Å². The molecule has 5 heavy (non-hydrogen) atoms. The molecule has 0 atom stereocenters. The first kappa shape index (κ1) is 41.7. The van der Waals surface area contributed by atoms with Crippen LogP contribution in [0.4, 0.5) is 0 Å². The largest absolute Gasteiger partial charge is 2.00 e. The van der Waals surface area contributed by atoms with Crippen LogP contribution in [0.2, 0.25) is 0 Å². The first-order valence-corrected chi connectivity index (χ1v) is 0.333. The van der Waals surface area contributed by atoms with Crippen molar-refractivity contribution in [3.8, 4) is 0 Å². The maximum absolute atomic E-state index is 4.00. The van der Waals surface area contributed by atoms with E-state index in [1.54, 1.807) is 0 Å². The first-order chi connectivity index (χ1) is 1.00. The quantitative estimate of drug-likeness (QED) is 0.327. The Balaban J connectivity index is -0.00000000167. The van der Waals surface area contributed by atoms with E-state index >= 15 is 0 Å². The summed E-state index contributed by atoms with van der Waals surface area (Å²) >= 11 is 0. The molecule has 0 spiro atoms. The van der Waals surface area contributed by atoms with Gasteiger partial charge in [-0.1, -0.05) is 16.8 Å². The molecule has 0 fully saturated rings. The molecule has 0 heterocycles. The van der Waals surface area contributed by atoms with E-state index in [9.17, 15) is 0 Å². The van der Waals surface area contributed by atoms with Crippen LogP contribution < -0.4 is 5.64 Å². The Bertz CT molecular complexity index is 6.85. The summed E-state index contributed by atoms with van der Waals surface area (Å²) in [5.41, 5.74) is 4.00. The molecule has 2 N–H and O–H groups in total. The molecule has 0 aliphatic carbocycles. The molecular formula is H10B3NZn. The van der Waals surface area contributed by atoms with Gasteiger partial charge in [-0.15, -0.1) is 0 Å². The molecule has 5 heteroatoms. The minimum absolute atomic E-state index is 0. The van der Waals surface area contributed by atoms with E-state index in [1.807, 2.05) is 0 Å². The summed E-state index contributed by atoms with van der Waals surface area (Å²) in [5, 5.41) is 0. The van der Waals surface area contributed by atoms with E-state index in [0.29, 0.717) is 0 Å². The van der Waals surface area contributed by atoms with Gasteiger partial charge in [0.25, 0.3) is 0 Å². The summed E-state index contributed by atoms with van der Waals surface area (Å²) in [4.78, 5) is 0. The van der Waals surface area contributed by atoms with Crippen molar-refractivity contribution in [1.29, 1.82) is 0 Å².